The molecule has 2 nitrogen and oxygen atoms in total. The van der Waals surface area contributed by atoms with Gasteiger partial charge in [-0.15, -0.1) is 0 Å². The summed E-state index contributed by atoms with van der Waals surface area (Å²) in [6.07, 6.45) is 4.76. The van der Waals surface area contributed by atoms with Gasteiger partial charge in [-0.2, -0.15) is 0 Å². The van der Waals surface area contributed by atoms with E-state index in [0.717, 1.165) is 24.9 Å². The summed E-state index contributed by atoms with van der Waals surface area (Å²) in [5, 5.41) is 0. The van der Waals surface area contributed by atoms with E-state index in [-0.39, 0.29) is 5.78 Å². The van der Waals surface area contributed by atoms with Gasteiger partial charge in [-0.25, -0.2) is 0 Å². The fourth-order valence-electron chi connectivity index (χ4n) is 2.67. The van der Waals surface area contributed by atoms with Crippen LogP contribution in [0.1, 0.15) is 56.0 Å². The second-order valence-corrected chi connectivity index (χ2v) is 6.42. The normalized spacial score (nSPS) is 15.1. The molecule has 0 N–H and O–H groups in total. The Bertz CT molecular complexity index is 431. The van der Waals surface area contributed by atoms with Gasteiger partial charge in [-0.05, 0) is 30.7 Å². The maximum Gasteiger partial charge on any atom is 0.176 e. The predicted molar refractivity (Wildman–Crippen MR) is 84.2 cm³/mol. The molecule has 2 rings (SSSR count). The smallest absolute Gasteiger partial charge is 0.176 e. The van der Waals surface area contributed by atoms with Crippen LogP contribution >= 0.6 is 0 Å². The number of aryl methyl sites for hydroxylation is 1. The van der Waals surface area contributed by atoms with Crippen LogP contribution in [-0.4, -0.2) is 29.8 Å². The lowest BCUT2D eigenvalue weighted by Gasteiger charge is -2.23. The van der Waals surface area contributed by atoms with Crippen molar-refractivity contribution in [2.24, 2.45) is 5.92 Å². The maximum absolute atomic E-state index is 12.4. The van der Waals surface area contributed by atoms with Crippen molar-refractivity contribution in [3.63, 3.8) is 0 Å². The number of ketones is 1. The molecule has 1 aromatic carbocycles. The molecule has 0 saturated heterocycles. The lowest BCUT2D eigenvalue weighted by Crippen LogP contribution is -2.34. The van der Waals surface area contributed by atoms with Crippen molar-refractivity contribution in [1.82, 2.24) is 4.90 Å². The molecule has 1 aliphatic rings. The Morgan fingerprint density at radius 3 is 2.40 bits per heavy atom. The molecule has 1 aliphatic carbocycles. The lowest BCUT2D eigenvalue weighted by atomic mass is 10.0. The topological polar surface area (TPSA) is 20.3 Å². The van der Waals surface area contributed by atoms with Gasteiger partial charge in [0, 0.05) is 18.2 Å². The minimum Gasteiger partial charge on any atom is -0.293 e. The van der Waals surface area contributed by atoms with Crippen molar-refractivity contribution < 1.29 is 4.79 Å². The zero-order valence-corrected chi connectivity index (χ0v) is 13.1. The minimum atomic E-state index is 0.264. The molecule has 20 heavy (non-hydrogen) atoms. The van der Waals surface area contributed by atoms with Crippen molar-refractivity contribution in [2.45, 2.75) is 52.5 Å². The Balaban J connectivity index is 1.95. The molecular weight excluding hydrogens is 246 g/mol. The summed E-state index contributed by atoms with van der Waals surface area (Å²) in [5.41, 5.74) is 2.18. The molecule has 1 fully saturated rings. The first-order chi connectivity index (χ1) is 9.60. The third-order valence-corrected chi connectivity index (χ3v) is 3.82. The third-order valence-electron chi connectivity index (χ3n) is 3.82. The van der Waals surface area contributed by atoms with Gasteiger partial charge in [-0.1, -0.05) is 51.5 Å². The van der Waals surface area contributed by atoms with Crippen LogP contribution in [0.3, 0.4) is 0 Å². The van der Waals surface area contributed by atoms with Crippen molar-refractivity contribution in [3.05, 3.63) is 35.4 Å². The van der Waals surface area contributed by atoms with Crippen molar-refractivity contribution in [3.8, 4) is 0 Å². The Morgan fingerprint density at radius 1 is 1.25 bits per heavy atom. The highest BCUT2D eigenvalue weighted by atomic mass is 16.1. The molecule has 1 aromatic rings. The van der Waals surface area contributed by atoms with E-state index >= 15 is 0 Å². The van der Waals surface area contributed by atoms with E-state index in [4.69, 9.17) is 0 Å². The van der Waals surface area contributed by atoms with Gasteiger partial charge in [-0.3, -0.25) is 9.69 Å². The summed E-state index contributed by atoms with van der Waals surface area (Å²) < 4.78 is 0. The van der Waals surface area contributed by atoms with Gasteiger partial charge >= 0.3 is 0 Å². The fourth-order valence-corrected chi connectivity index (χ4v) is 2.67. The van der Waals surface area contributed by atoms with E-state index in [9.17, 15) is 4.79 Å². The van der Waals surface area contributed by atoms with Crippen LogP contribution in [0.25, 0.3) is 0 Å². The zero-order chi connectivity index (χ0) is 14.5. The number of benzene rings is 1. The summed E-state index contributed by atoms with van der Waals surface area (Å²) in [4.78, 5) is 14.8. The molecule has 2 heteroatoms. The van der Waals surface area contributed by atoms with Gasteiger partial charge in [0.15, 0.2) is 5.78 Å². The summed E-state index contributed by atoms with van der Waals surface area (Å²) in [6.45, 7) is 8.23. The van der Waals surface area contributed by atoms with Crippen LogP contribution in [0.2, 0.25) is 0 Å². The Hall–Kier alpha value is -1.15. The number of hydrogen-bond acceptors (Lipinski definition) is 2. The summed E-state index contributed by atoms with van der Waals surface area (Å²) >= 11 is 0. The van der Waals surface area contributed by atoms with E-state index in [1.807, 2.05) is 12.1 Å². The molecule has 0 atom stereocenters. The summed E-state index contributed by atoms with van der Waals surface area (Å²) in [7, 11) is 0. The molecular formula is C18H27NO. The standard InChI is InChI=1S/C18H27NO/c1-4-5-15-6-8-16(9-7-15)18(20)13-19(12-14(2)3)17-10-11-17/h6-9,14,17H,4-5,10-13H2,1-3H3. The monoisotopic (exact) mass is 273 g/mol. The second kappa shape index (κ2) is 7.03. The van der Waals surface area contributed by atoms with E-state index in [1.165, 1.54) is 18.4 Å². The molecule has 0 aromatic heterocycles. The molecule has 0 amide bonds. The number of carbonyl (C=O) groups is 1. The molecule has 1 saturated carbocycles. The van der Waals surface area contributed by atoms with Gasteiger partial charge in [0.25, 0.3) is 0 Å². The van der Waals surface area contributed by atoms with Crippen LogP contribution in [0.5, 0.6) is 0 Å². The quantitative estimate of drug-likeness (QED) is 0.669. The third kappa shape index (κ3) is 4.45. The zero-order valence-electron chi connectivity index (χ0n) is 13.1. The molecule has 0 radical (unpaired) electrons. The van der Waals surface area contributed by atoms with Gasteiger partial charge < -0.3 is 0 Å². The first kappa shape index (κ1) is 15.2. The highest BCUT2D eigenvalue weighted by Gasteiger charge is 2.30. The fraction of sp³-hybridized carbons (Fsp3) is 0.611. The van der Waals surface area contributed by atoms with Crippen LogP contribution in [0, 0.1) is 5.92 Å². The largest absolute Gasteiger partial charge is 0.293 e. The summed E-state index contributed by atoms with van der Waals surface area (Å²) in [5.74, 6) is 0.885. The Morgan fingerprint density at radius 2 is 1.90 bits per heavy atom. The Kier molecular flexibility index (Phi) is 5.36. The first-order valence-corrected chi connectivity index (χ1v) is 7.96. The van der Waals surface area contributed by atoms with E-state index in [2.05, 4.69) is 37.8 Å². The predicted octanol–water partition coefficient (Wildman–Crippen LogP) is 3.94. The van der Waals surface area contributed by atoms with Crippen molar-refractivity contribution in [1.29, 1.82) is 0 Å². The Labute approximate surface area is 123 Å². The maximum atomic E-state index is 12.4. The van der Waals surface area contributed by atoms with Crippen LogP contribution in [0.15, 0.2) is 24.3 Å². The highest BCUT2D eigenvalue weighted by molar-refractivity contribution is 5.97. The average molecular weight is 273 g/mol. The number of Topliss-reactive ketones (excluding diaryl/α,β-unsaturated/α-hetero) is 1. The van der Waals surface area contributed by atoms with Crippen molar-refractivity contribution in [2.75, 3.05) is 13.1 Å². The minimum absolute atomic E-state index is 0.264. The molecule has 0 aliphatic heterocycles. The SMILES string of the molecule is CCCc1ccc(C(=O)CN(CC(C)C)C2CC2)cc1. The average Bonchev–Trinajstić information content (AvgIpc) is 3.23. The molecule has 0 unspecified atom stereocenters. The van der Waals surface area contributed by atoms with Gasteiger partial charge in [0.2, 0.25) is 0 Å². The second-order valence-electron chi connectivity index (χ2n) is 6.42. The number of nitrogens with zero attached hydrogens (tertiary/aromatic N) is 1. The van der Waals surface area contributed by atoms with E-state index in [0.29, 0.717) is 18.5 Å². The van der Waals surface area contributed by atoms with Crippen LogP contribution in [-0.2, 0) is 6.42 Å². The molecule has 110 valence electrons. The molecule has 0 spiro atoms. The first-order valence-electron chi connectivity index (χ1n) is 7.96. The van der Waals surface area contributed by atoms with Crippen LogP contribution in [0.4, 0.5) is 0 Å². The van der Waals surface area contributed by atoms with E-state index < -0.39 is 0 Å². The van der Waals surface area contributed by atoms with Gasteiger partial charge in [0.05, 0.1) is 6.54 Å². The van der Waals surface area contributed by atoms with E-state index in [1.54, 1.807) is 0 Å². The molecule has 0 bridgehead atoms. The number of carbonyl (C=O) groups excluding carboxylic acids is 1. The molecule has 0 heterocycles. The van der Waals surface area contributed by atoms with Crippen LogP contribution < -0.4 is 0 Å². The number of hydrogen-bond donors (Lipinski definition) is 0. The lowest BCUT2D eigenvalue weighted by molar-refractivity contribution is 0.0915. The number of rotatable bonds is 8. The highest BCUT2D eigenvalue weighted by Crippen LogP contribution is 2.27. The van der Waals surface area contributed by atoms with Gasteiger partial charge in [0.1, 0.15) is 0 Å². The summed E-state index contributed by atoms with van der Waals surface area (Å²) in [6, 6.07) is 8.84. The van der Waals surface area contributed by atoms with Crippen molar-refractivity contribution >= 4 is 5.78 Å².